The maximum absolute atomic E-state index is 11.3. The van der Waals surface area contributed by atoms with Crippen LogP contribution in [0.4, 0.5) is 0 Å². The van der Waals surface area contributed by atoms with E-state index in [0.717, 1.165) is 0 Å². The highest BCUT2D eigenvalue weighted by Crippen LogP contribution is 1.98. The largest absolute Gasteiger partial charge is 0.383 e. The van der Waals surface area contributed by atoms with Crippen molar-refractivity contribution >= 4 is 5.91 Å². The van der Waals surface area contributed by atoms with E-state index in [9.17, 15) is 4.79 Å². The Hall–Kier alpha value is -1.05. The monoisotopic (exact) mass is 184 g/mol. The third-order valence-corrected chi connectivity index (χ3v) is 1.48. The molecule has 1 unspecified atom stereocenters. The summed E-state index contributed by atoms with van der Waals surface area (Å²) in [6, 6.07) is -0.669. The van der Waals surface area contributed by atoms with E-state index >= 15 is 0 Å². The van der Waals surface area contributed by atoms with Crippen LogP contribution in [-0.4, -0.2) is 31.2 Å². The Morgan fingerprint density at radius 3 is 2.69 bits per heavy atom. The Morgan fingerprint density at radius 2 is 2.31 bits per heavy atom. The Kier molecular flexibility index (Phi) is 4.46. The van der Waals surface area contributed by atoms with Gasteiger partial charge in [-0.05, 0) is 13.8 Å². The van der Waals surface area contributed by atoms with Gasteiger partial charge in [-0.2, -0.15) is 0 Å². The number of hydrogen-bond donors (Lipinski definition) is 2. The smallest absolute Gasteiger partial charge is 0.240 e. The first kappa shape index (κ1) is 11.9. The standard InChI is InChI=1S/C9H16N2O2/c1-5-9(2,3)11-8(12)7(10)6-13-4/h1,7H,6,10H2,2-4H3,(H,11,12). The predicted octanol–water partition coefficient (Wildman–Crippen LogP) is -0.512. The summed E-state index contributed by atoms with van der Waals surface area (Å²) in [4.78, 5) is 11.3. The van der Waals surface area contributed by atoms with E-state index in [4.69, 9.17) is 16.9 Å². The molecule has 0 aromatic heterocycles. The van der Waals surface area contributed by atoms with E-state index in [1.165, 1.54) is 7.11 Å². The summed E-state index contributed by atoms with van der Waals surface area (Å²) >= 11 is 0. The molecule has 0 radical (unpaired) electrons. The summed E-state index contributed by atoms with van der Waals surface area (Å²) in [6.45, 7) is 3.64. The molecule has 74 valence electrons. The van der Waals surface area contributed by atoms with E-state index in [2.05, 4.69) is 11.2 Å². The van der Waals surface area contributed by atoms with Crippen molar-refractivity contribution in [3.8, 4) is 12.3 Å². The molecule has 0 spiro atoms. The van der Waals surface area contributed by atoms with Gasteiger partial charge in [0.15, 0.2) is 0 Å². The molecule has 3 N–H and O–H groups in total. The Bertz CT molecular complexity index is 218. The molecule has 0 aliphatic heterocycles. The molecule has 0 heterocycles. The van der Waals surface area contributed by atoms with E-state index in [0.29, 0.717) is 0 Å². The minimum Gasteiger partial charge on any atom is -0.383 e. The topological polar surface area (TPSA) is 64.4 Å². The second-order valence-corrected chi connectivity index (χ2v) is 3.32. The van der Waals surface area contributed by atoms with Crippen LogP contribution in [0.3, 0.4) is 0 Å². The molecular weight excluding hydrogens is 168 g/mol. The maximum Gasteiger partial charge on any atom is 0.240 e. The van der Waals surface area contributed by atoms with Crippen molar-refractivity contribution < 1.29 is 9.53 Å². The number of amides is 1. The lowest BCUT2D eigenvalue weighted by molar-refractivity contribution is -0.124. The molecule has 0 aliphatic rings. The first-order valence-electron chi connectivity index (χ1n) is 3.97. The second-order valence-electron chi connectivity index (χ2n) is 3.32. The summed E-state index contributed by atoms with van der Waals surface area (Å²) in [5.41, 5.74) is 4.82. The van der Waals surface area contributed by atoms with E-state index in [1.807, 2.05) is 0 Å². The zero-order valence-corrected chi connectivity index (χ0v) is 8.26. The third kappa shape index (κ3) is 4.51. The molecule has 4 nitrogen and oxygen atoms in total. The Labute approximate surface area is 78.8 Å². The second kappa shape index (κ2) is 4.85. The molecule has 0 fully saturated rings. The highest BCUT2D eigenvalue weighted by Gasteiger charge is 2.21. The lowest BCUT2D eigenvalue weighted by atomic mass is 10.1. The molecule has 0 aliphatic carbocycles. The highest BCUT2D eigenvalue weighted by molar-refractivity contribution is 5.82. The van der Waals surface area contributed by atoms with Crippen molar-refractivity contribution in [2.24, 2.45) is 5.73 Å². The normalized spacial score (nSPS) is 13.2. The van der Waals surface area contributed by atoms with Gasteiger partial charge in [-0.25, -0.2) is 0 Å². The van der Waals surface area contributed by atoms with Gasteiger partial charge in [0.05, 0.1) is 12.1 Å². The molecule has 0 saturated heterocycles. The fourth-order valence-corrected chi connectivity index (χ4v) is 0.692. The number of carbonyl (C=O) groups excluding carboxylic acids is 1. The molecule has 1 amide bonds. The zero-order chi connectivity index (χ0) is 10.5. The predicted molar refractivity (Wildman–Crippen MR) is 50.9 cm³/mol. The van der Waals surface area contributed by atoms with Gasteiger partial charge in [-0.15, -0.1) is 6.42 Å². The van der Waals surface area contributed by atoms with Crippen LogP contribution in [0.1, 0.15) is 13.8 Å². The van der Waals surface area contributed by atoms with Gasteiger partial charge < -0.3 is 15.8 Å². The number of hydrogen-bond acceptors (Lipinski definition) is 3. The third-order valence-electron chi connectivity index (χ3n) is 1.48. The summed E-state index contributed by atoms with van der Waals surface area (Å²) in [7, 11) is 1.49. The first-order chi connectivity index (χ1) is 5.93. The fourth-order valence-electron chi connectivity index (χ4n) is 0.692. The number of ether oxygens (including phenoxy) is 1. The molecule has 0 saturated carbocycles. The van der Waals surface area contributed by atoms with Crippen LogP contribution in [0.5, 0.6) is 0 Å². The highest BCUT2D eigenvalue weighted by atomic mass is 16.5. The summed E-state index contributed by atoms with van der Waals surface area (Å²) in [6.07, 6.45) is 5.19. The maximum atomic E-state index is 11.3. The molecule has 4 heteroatoms. The molecule has 0 aromatic carbocycles. The summed E-state index contributed by atoms with van der Waals surface area (Å²) in [5, 5.41) is 2.61. The van der Waals surface area contributed by atoms with Crippen LogP contribution in [0.2, 0.25) is 0 Å². The number of carbonyl (C=O) groups is 1. The van der Waals surface area contributed by atoms with Crippen LogP contribution in [0.25, 0.3) is 0 Å². The number of nitrogens with two attached hydrogens (primary N) is 1. The average molecular weight is 184 g/mol. The summed E-state index contributed by atoms with van der Waals surface area (Å²) < 4.78 is 4.74. The van der Waals surface area contributed by atoms with Crippen LogP contribution >= 0.6 is 0 Å². The minimum atomic E-state index is -0.669. The zero-order valence-electron chi connectivity index (χ0n) is 8.26. The van der Waals surface area contributed by atoms with Gasteiger partial charge in [0.25, 0.3) is 0 Å². The van der Waals surface area contributed by atoms with Crippen LogP contribution in [-0.2, 0) is 9.53 Å². The lowest BCUT2D eigenvalue weighted by Gasteiger charge is -2.21. The lowest BCUT2D eigenvalue weighted by Crippen LogP contribution is -2.51. The Morgan fingerprint density at radius 1 is 1.77 bits per heavy atom. The number of methoxy groups -OCH3 is 1. The number of nitrogens with one attached hydrogen (secondary N) is 1. The molecule has 0 rings (SSSR count). The van der Waals surface area contributed by atoms with Crippen LogP contribution in [0, 0.1) is 12.3 Å². The van der Waals surface area contributed by atoms with Crippen molar-refractivity contribution in [1.82, 2.24) is 5.32 Å². The fraction of sp³-hybridized carbons (Fsp3) is 0.667. The SMILES string of the molecule is C#CC(C)(C)NC(=O)C(N)COC. The minimum absolute atomic E-state index is 0.187. The summed E-state index contributed by atoms with van der Waals surface area (Å²) in [5.74, 6) is 2.14. The van der Waals surface area contributed by atoms with Gasteiger partial charge in [0.1, 0.15) is 6.04 Å². The van der Waals surface area contributed by atoms with Gasteiger partial charge >= 0.3 is 0 Å². The van der Waals surface area contributed by atoms with Gasteiger partial charge in [-0.3, -0.25) is 4.79 Å². The molecular formula is C9H16N2O2. The molecule has 0 bridgehead atoms. The van der Waals surface area contributed by atoms with Crippen LogP contribution < -0.4 is 11.1 Å². The average Bonchev–Trinajstić information content (AvgIpc) is 2.04. The van der Waals surface area contributed by atoms with E-state index < -0.39 is 11.6 Å². The van der Waals surface area contributed by atoms with Crippen molar-refractivity contribution in [2.45, 2.75) is 25.4 Å². The van der Waals surface area contributed by atoms with E-state index in [1.54, 1.807) is 13.8 Å². The number of terminal acetylenes is 1. The van der Waals surface area contributed by atoms with Gasteiger partial charge in [0, 0.05) is 7.11 Å². The molecule has 0 aromatic rings. The molecule has 1 atom stereocenters. The van der Waals surface area contributed by atoms with Gasteiger partial charge in [0.2, 0.25) is 5.91 Å². The first-order valence-corrected chi connectivity index (χ1v) is 3.97. The van der Waals surface area contributed by atoms with Crippen molar-refractivity contribution in [3.63, 3.8) is 0 Å². The quantitative estimate of drug-likeness (QED) is 0.578. The van der Waals surface area contributed by atoms with Gasteiger partial charge in [-0.1, -0.05) is 5.92 Å². The van der Waals surface area contributed by atoms with E-state index in [-0.39, 0.29) is 12.5 Å². The van der Waals surface area contributed by atoms with Crippen molar-refractivity contribution in [3.05, 3.63) is 0 Å². The Balaban J connectivity index is 4.09. The molecule has 13 heavy (non-hydrogen) atoms. The van der Waals surface area contributed by atoms with Crippen molar-refractivity contribution in [1.29, 1.82) is 0 Å². The number of rotatable bonds is 4. The van der Waals surface area contributed by atoms with Crippen LogP contribution in [0.15, 0.2) is 0 Å². The van der Waals surface area contributed by atoms with Crippen molar-refractivity contribution in [2.75, 3.05) is 13.7 Å².